The molecule has 1 aliphatic heterocycles. The fourth-order valence-corrected chi connectivity index (χ4v) is 2.43. The molecule has 1 unspecified atom stereocenters. The zero-order valence-electron chi connectivity index (χ0n) is 12.0. The fourth-order valence-electron chi connectivity index (χ4n) is 2.43. The lowest BCUT2D eigenvalue weighted by atomic mass is 9.92. The van der Waals surface area contributed by atoms with Crippen LogP contribution in [0, 0.1) is 0 Å². The molecule has 1 heterocycles. The Hall–Kier alpha value is -2.04. The van der Waals surface area contributed by atoms with Crippen LogP contribution in [0.3, 0.4) is 0 Å². The van der Waals surface area contributed by atoms with Gasteiger partial charge in [0.25, 0.3) is 0 Å². The summed E-state index contributed by atoms with van der Waals surface area (Å²) in [6.45, 7) is 3.83. The quantitative estimate of drug-likeness (QED) is 0.871. The minimum atomic E-state index is -0.572. The number of amides is 2. The van der Waals surface area contributed by atoms with E-state index in [2.05, 4.69) is 10.6 Å². The summed E-state index contributed by atoms with van der Waals surface area (Å²) >= 11 is 0. The van der Waals surface area contributed by atoms with Gasteiger partial charge in [-0.2, -0.15) is 0 Å². The van der Waals surface area contributed by atoms with E-state index in [9.17, 15) is 9.59 Å². The standard InChI is InChI=1S/C15H20N2O3/c1-15(2,10-6-4-5-7-12(10)20-3)17-14(19)11-8-9-13(18)16-11/h4-7,11H,8-9H2,1-3H3,(H,16,18)(H,17,19). The molecule has 2 amide bonds. The van der Waals surface area contributed by atoms with Gasteiger partial charge in [-0.15, -0.1) is 0 Å². The molecule has 0 spiro atoms. The van der Waals surface area contributed by atoms with Gasteiger partial charge in [-0.05, 0) is 26.3 Å². The Morgan fingerprint density at radius 3 is 2.70 bits per heavy atom. The number of hydrogen-bond acceptors (Lipinski definition) is 3. The molecule has 0 aromatic heterocycles. The van der Waals surface area contributed by atoms with Crippen molar-refractivity contribution in [1.82, 2.24) is 10.6 Å². The molecule has 1 aromatic carbocycles. The van der Waals surface area contributed by atoms with Crippen LogP contribution in [0.1, 0.15) is 32.3 Å². The van der Waals surface area contributed by atoms with E-state index in [-0.39, 0.29) is 11.8 Å². The minimum Gasteiger partial charge on any atom is -0.496 e. The average molecular weight is 276 g/mol. The van der Waals surface area contributed by atoms with Gasteiger partial charge >= 0.3 is 0 Å². The normalized spacial score (nSPS) is 18.6. The van der Waals surface area contributed by atoms with E-state index in [1.165, 1.54) is 0 Å². The summed E-state index contributed by atoms with van der Waals surface area (Å²) in [5, 5.41) is 5.65. The molecule has 2 N–H and O–H groups in total. The van der Waals surface area contributed by atoms with Crippen LogP contribution in [-0.2, 0) is 15.1 Å². The van der Waals surface area contributed by atoms with E-state index in [4.69, 9.17) is 4.74 Å². The third kappa shape index (κ3) is 2.92. The maximum absolute atomic E-state index is 12.2. The second-order valence-corrected chi connectivity index (χ2v) is 5.47. The van der Waals surface area contributed by atoms with Crippen LogP contribution in [0.4, 0.5) is 0 Å². The molecular weight excluding hydrogens is 256 g/mol. The number of hydrogen-bond donors (Lipinski definition) is 2. The van der Waals surface area contributed by atoms with E-state index < -0.39 is 11.6 Å². The number of carbonyl (C=O) groups excluding carboxylic acids is 2. The number of ether oxygens (including phenoxy) is 1. The fraction of sp³-hybridized carbons (Fsp3) is 0.467. The van der Waals surface area contributed by atoms with Gasteiger partial charge in [0.15, 0.2) is 0 Å². The average Bonchev–Trinajstić information content (AvgIpc) is 2.85. The molecule has 1 aliphatic rings. The molecule has 2 rings (SSSR count). The lowest BCUT2D eigenvalue weighted by Gasteiger charge is -2.29. The zero-order chi connectivity index (χ0) is 14.8. The number of carbonyl (C=O) groups is 2. The van der Waals surface area contributed by atoms with Crippen LogP contribution in [0.5, 0.6) is 5.75 Å². The van der Waals surface area contributed by atoms with Crippen LogP contribution in [0.15, 0.2) is 24.3 Å². The zero-order valence-corrected chi connectivity index (χ0v) is 12.0. The predicted molar refractivity (Wildman–Crippen MR) is 75.3 cm³/mol. The van der Waals surface area contributed by atoms with E-state index in [1.54, 1.807) is 7.11 Å². The molecule has 0 aliphatic carbocycles. The van der Waals surface area contributed by atoms with Gasteiger partial charge in [0.1, 0.15) is 11.8 Å². The third-order valence-electron chi connectivity index (χ3n) is 3.53. The van der Waals surface area contributed by atoms with Crippen LogP contribution in [0.25, 0.3) is 0 Å². The smallest absolute Gasteiger partial charge is 0.243 e. The predicted octanol–water partition coefficient (Wildman–Crippen LogP) is 1.33. The summed E-state index contributed by atoms with van der Waals surface area (Å²) in [4.78, 5) is 23.4. The third-order valence-corrected chi connectivity index (χ3v) is 3.53. The highest BCUT2D eigenvalue weighted by atomic mass is 16.5. The largest absolute Gasteiger partial charge is 0.496 e. The molecule has 20 heavy (non-hydrogen) atoms. The number of nitrogens with one attached hydrogen (secondary N) is 2. The van der Waals surface area contributed by atoms with Crippen molar-refractivity contribution in [3.63, 3.8) is 0 Å². The number of methoxy groups -OCH3 is 1. The molecule has 0 bridgehead atoms. The van der Waals surface area contributed by atoms with E-state index in [1.807, 2.05) is 38.1 Å². The lowest BCUT2D eigenvalue weighted by Crippen LogP contribution is -2.49. The van der Waals surface area contributed by atoms with Gasteiger partial charge in [-0.25, -0.2) is 0 Å². The molecule has 1 saturated heterocycles. The number of para-hydroxylation sites is 1. The maximum Gasteiger partial charge on any atom is 0.243 e. The van der Waals surface area contributed by atoms with Gasteiger partial charge in [0.05, 0.1) is 12.6 Å². The van der Waals surface area contributed by atoms with Crippen molar-refractivity contribution in [1.29, 1.82) is 0 Å². The highest BCUT2D eigenvalue weighted by Gasteiger charge is 2.32. The molecule has 5 nitrogen and oxygen atoms in total. The van der Waals surface area contributed by atoms with E-state index in [0.717, 1.165) is 11.3 Å². The first kappa shape index (κ1) is 14.4. The Morgan fingerprint density at radius 2 is 2.10 bits per heavy atom. The molecule has 1 fully saturated rings. The SMILES string of the molecule is COc1ccccc1C(C)(C)NC(=O)C1CCC(=O)N1. The highest BCUT2D eigenvalue weighted by molar-refractivity contribution is 5.91. The Bertz CT molecular complexity index is 526. The highest BCUT2D eigenvalue weighted by Crippen LogP contribution is 2.29. The van der Waals surface area contributed by atoms with E-state index >= 15 is 0 Å². The first-order chi connectivity index (χ1) is 9.44. The van der Waals surface area contributed by atoms with Crippen LogP contribution in [-0.4, -0.2) is 25.0 Å². The Labute approximate surface area is 118 Å². The Kier molecular flexibility index (Phi) is 3.97. The lowest BCUT2D eigenvalue weighted by molar-refractivity contribution is -0.127. The molecule has 0 radical (unpaired) electrons. The van der Waals surface area contributed by atoms with Crippen molar-refractivity contribution in [2.45, 2.75) is 38.3 Å². The molecule has 5 heteroatoms. The second-order valence-electron chi connectivity index (χ2n) is 5.47. The van der Waals surface area contributed by atoms with Crippen molar-refractivity contribution >= 4 is 11.8 Å². The van der Waals surface area contributed by atoms with Crippen LogP contribution >= 0.6 is 0 Å². The van der Waals surface area contributed by atoms with Crippen molar-refractivity contribution in [2.75, 3.05) is 7.11 Å². The van der Waals surface area contributed by atoms with Gasteiger partial charge < -0.3 is 15.4 Å². The van der Waals surface area contributed by atoms with E-state index in [0.29, 0.717) is 12.8 Å². The summed E-state index contributed by atoms with van der Waals surface area (Å²) in [5.74, 6) is 0.500. The number of rotatable bonds is 4. The summed E-state index contributed by atoms with van der Waals surface area (Å²) in [5.41, 5.74) is 0.331. The van der Waals surface area contributed by atoms with Crippen molar-refractivity contribution in [3.05, 3.63) is 29.8 Å². The number of benzene rings is 1. The first-order valence-electron chi connectivity index (χ1n) is 6.69. The Balaban J connectivity index is 2.14. The molecule has 1 aromatic rings. The van der Waals surface area contributed by atoms with Gasteiger partial charge in [-0.3, -0.25) is 9.59 Å². The molecule has 108 valence electrons. The summed E-state index contributed by atoms with van der Waals surface area (Å²) in [7, 11) is 1.61. The van der Waals surface area contributed by atoms with Crippen molar-refractivity contribution in [2.24, 2.45) is 0 Å². The molecule has 1 atom stereocenters. The second kappa shape index (κ2) is 5.53. The molecule has 0 saturated carbocycles. The monoisotopic (exact) mass is 276 g/mol. The van der Waals surface area contributed by atoms with Crippen LogP contribution < -0.4 is 15.4 Å². The summed E-state index contributed by atoms with van der Waals surface area (Å²) in [6, 6.07) is 7.14. The summed E-state index contributed by atoms with van der Waals surface area (Å²) in [6.07, 6.45) is 0.958. The van der Waals surface area contributed by atoms with Gasteiger partial charge in [-0.1, -0.05) is 18.2 Å². The maximum atomic E-state index is 12.2. The summed E-state index contributed by atoms with van der Waals surface area (Å²) < 4.78 is 5.33. The van der Waals surface area contributed by atoms with Crippen molar-refractivity contribution in [3.8, 4) is 5.75 Å². The van der Waals surface area contributed by atoms with Gasteiger partial charge in [0, 0.05) is 12.0 Å². The minimum absolute atomic E-state index is 0.0692. The molecular formula is C15H20N2O3. The van der Waals surface area contributed by atoms with Crippen molar-refractivity contribution < 1.29 is 14.3 Å². The topological polar surface area (TPSA) is 67.4 Å². The van der Waals surface area contributed by atoms with Crippen LogP contribution in [0.2, 0.25) is 0 Å². The van der Waals surface area contributed by atoms with Gasteiger partial charge in [0.2, 0.25) is 11.8 Å². The Morgan fingerprint density at radius 1 is 1.40 bits per heavy atom. The first-order valence-corrected chi connectivity index (χ1v) is 6.69.